The normalized spacial score (nSPS) is 10.7. The Morgan fingerprint density at radius 2 is 1.68 bits per heavy atom. The molecule has 0 aliphatic rings. The quantitative estimate of drug-likeness (QED) is 0.893. The molecule has 0 aliphatic heterocycles. The van der Waals surface area contributed by atoms with Gasteiger partial charge in [-0.15, -0.1) is 0 Å². The Morgan fingerprint density at radius 1 is 1.05 bits per heavy atom. The zero-order valence-corrected chi connectivity index (χ0v) is 11.3. The number of nitrogens with zero attached hydrogens (tertiary/aromatic N) is 3. The molecule has 0 saturated carbocycles. The Labute approximate surface area is 113 Å². The zero-order chi connectivity index (χ0) is 13.7. The summed E-state index contributed by atoms with van der Waals surface area (Å²) in [6, 6.07) is 10.6. The predicted octanol–water partition coefficient (Wildman–Crippen LogP) is 2.38. The van der Waals surface area contributed by atoms with Crippen LogP contribution < -0.4 is 4.90 Å². The number of hydrogen-bond acceptors (Lipinski definition) is 4. The number of anilines is 1. The molecule has 2 aromatic rings. The Bertz CT molecular complexity index is 497. The highest BCUT2D eigenvalue weighted by molar-refractivity contribution is 5.33. The van der Waals surface area contributed by atoms with Gasteiger partial charge in [0, 0.05) is 30.5 Å². The predicted molar refractivity (Wildman–Crippen MR) is 75.7 cm³/mol. The van der Waals surface area contributed by atoms with Gasteiger partial charge in [0.25, 0.3) is 0 Å². The van der Waals surface area contributed by atoms with Crippen molar-refractivity contribution < 1.29 is 5.11 Å². The first-order chi connectivity index (χ1) is 9.20. The van der Waals surface area contributed by atoms with Crippen molar-refractivity contribution in [3.63, 3.8) is 0 Å². The standard InChI is InChI=1S/C15H19N3O/c1-12(2)18(10-13-6-4-3-5-7-13)15-16-8-14(11-19)9-17-15/h3-9,12,19H,10-11H2,1-2H3. The highest BCUT2D eigenvalue weighted by Gasteiger charge is 2.13. The second-order valence-electron chi connectivity index (χ2n) is 4.76. The summed E-state index contributed by atoms with van der Waals surface area (Å²) in [6.45, 7) is 4.98. The van der Waals surface area contributed by atoms with Crippen molar-refractivity contribution >= 4 is 5.95 Å². The fraction of sp³-hybridized carbons (Fsp3) is 0.333. The molecule has 1 N–H and O–H groups in total. The first kappa shape index (κ1) is 13.5. The minimum atomic E-state index is -0.0271. The summed E-state index contributed by atoms with van der Waals surface area (Å²) in [7, 11) is 0. The molecule has 0 bridgehead atoms. The van der Waals surface area contributed by atoms with E-state index in [1.165, 1.54) is 5.56 Å². The van der Waals surface area contributed by atoms with Crippen LogP contribution in [-0.4, -0.2) is 21.1 Å². The van der Waals surface area contributed by atoms with Crippen molar-refractivity contribution in [3.8, 4) is 0 Å². The van der Waals surface area contributed by atoms with Gasteiger partial charge < -0.3 is 10.0 Å². The molecular weight excluding hydrogens is 238 g/mol. The first-order valence-electron chi connectivity index (χ1n) is 6.43. The summed E-state index contributed by atoms with van der Waals surface area (Å²) in [5.74, 6) is 0.691. The smallest absolute Gasteiger partial charge is 0.225 e. The number of rotatable bonds is 5. The van der Waals surface area contributed by atoms with Gasteiger partial charge in [-0.05, 0) is 19.4 Å². The van der Waals surface area contributed by atoms with Crippen LogP contribution in [-0.2, 0) is 13.2 Å². The van der Waals surface area contributed by atoms with E-state index in [1.807, 2.05) is 18.2 Å². The highest BCUT2D eigenvalue weighted by atomic mass is 16.3. The maximum absolute atomic E-state index is 9.02. The number of aromatic nitrogens is 2. The van der Waals surface area contributed by atoms with Gasteiger partial charge in [0.05, 0.1) is 6.61 Å². The second-order valence-corrected chi connectivity index (χ2v) is 4.76. The van der Waals surface area contributed by atoms with Crippen molar-refractivity contribution in [2.24, 2.45) is 0 Å². The van der Waals surface area contributed by atoms with E-state index in [9.17, 15) is 0 Å². The molecule has 0 spiro atoms. The summed E-state index contributed by atoms with van der Waals surface area (Å²) in [5, 5.41) is 9.02. The molecule has 0 aliphatic carbocycles. The number of benzene rings is 1. The summed E-state index contributed by atoms with van der Waals surface area (Å²) in [5.41, 5.74) is 1.96. The second kappa shape index (κ2) is 6.29. The van der Waals surface area contributed by atoms with Gasteiger partial charge in [0.15, 0.2) is 0 Å². The van der Waals surface area contributed by atoms with Gasteiger partial charge in [0.2, 0.25) is 5.95 Å². The summed E-state index contributed by atoms with van der Waals surface area (Å²) in [4.78, 5) is 10.8. The summed E-state index contributed by atoms with van der Waals surface area (Å²) >= 11 is 0. The number of hydrogen-bond donors (Lipinski definition) is 1. The van der Waals surface area contributed by atoms with Gasteiger partial charge in [-0.25, -0.2) is 9.97 Å². The Balaban J connectivity index is 2.19. The molecule has 0 amide bonds. The maximum Gasteiger partial charge on any atom is 0.225 e. The number of aliphatic hydroxyl groups is 1. The third kappa shape index (κ3) is 3.51. The average molecular weight is 257 g/mol. The Hall–Kier alpha value is -1.94. The fourth-order valence-electron chi connectivity index (χ4n) is 1.84. The molecule has 19 heavy (non-hydrogen) atoms. The van der Waals surface area contributed by atoms with Crippen LogP contribution in [0.4, 0.5) is 5.95 Å². The molecule has 4 heteroatoms. The minimum absolute atomic E-state index is 0.0271. The molecule has 0 fully saturated rings. The van der Waals surface area contributed by atoms with E-state index in [-0.39, 0.29) is 6.61 Å². The van der Waals surface area contributed by atoms with Crippen LogP contribution in [0.1, 0.15) is 25.0 Å². The van der Waals surface area contributed by atoms with E-state index in [4.69, 9.17) is 5.11 Å². The van der Waals surface area contributed by atoms with Crippen molar-refractivity contribution in [2.45, 2.75) is 33.0 Å². The lowest BCUT2D eigenvalue weighted by molar-refractivity contribution is 0.281. The van der Waals surface area contributed by atoms with Gasteiger partial charge in [0.1, 0.15) is 0 Å². The van der Waals surface area contributed by atoms with Crippen LogP contribution >= 0.6 is 0 Å². The van der Waals surface area contributed by atoms with Gasteiger partial charge in [-0.3, -0.25) is 0 Å². The van der Waals surface area contributed by atoms with E-state index >= 15 is 0 Å². The molecule has 4 nitrogen and oxygen atoms in total. The lowest BCUT2D eigenvalue weighted by Crippen LogP contribution is -2.31. The van der Waals surface area contributed by atoms with Crippen molar-refractivity contribution in [1.29, 1.82) is 0 Å². The van der Waals surface area contributed by atoms with Gasteiger partial charge >= 0.3 is 0 Å². The van der Waals surface area contributed by atoms with Crippen LogP contribution in [0.2, 0.25) is 0 Å². The molecule has 100 valence electrons. The average Bonchev–Trinajstić information content (AvgIpc) is 2.46. The van der Waals surface area contributed by atoms with E-state index < -0.39 is 0 Å². The molecule has 2 rings (SSSR count). The minimum Gasteiger partial charge on any atom is -0.392 e. The molecule has 1 heterocycles. The van der Waals surface area contributed by atoms with E-state index in [1.54, 1.807) is 12.4 Å². The van der Waals surface area contributed by atoms with Crippen LogP contribution in [0.3, 0.4) is 0 Å². The van der Waals surface area contributed by atoms with Crippen LogP contribution in [0.15, 0.2) is 42.7 Å². The van der Waals surface area contributed by atoms with Crippen molar-refractivity contribution in [3.05, 3.63) is 53.9 Å². The van der Waals surface area contributed by atoms with E-state index in [0.29, 0.717) is 12.0 Å². The molecule has 0 unspecified atom stereocenters. The van der Waals surface area contributed by atoms with Crippen molar-refractivity contribution in [1.82, 2.24) is 9.97 Å². The summed E-state index contributed by atoms with van der Waals surface area (Å²) in [6.07, 6.45) is 3.34. The first-order valence-corrected chi connectivity index (χ1v) is 6.43. The van der Waals surface area contributed by atoms with Crippen LogP contribution in [0, 0.1) is 0 Å². The molecule has 0 atom stereocenters. The van der Waals surface area contributed by atoms with Gasteiger partial charge in [-0.1, -0.05) is 30.3 Å². The molecule has 1 aromatic carbocycles. The molecule has 0 saturated heterocycles. The van der Waals surface area contributed by atoms with Crippen LogP contribution in [0.5, 0.6) is 0 Å². The lowest BCUT2D eigenvalue weighted by atomic mass is 10.2. The third-order valence-corrected chi connectivity index (χ3v) is 2.95. The van der Waals surface area contributed by atoms with Gasteiger partial charge in [-0.2, -0.15) is 0 Å². The van der Waals surface area contributed by atoms with E-state index in [0.717, 1.165) is 12.1 Å². The Morgan fingerprint density at radius 3 is 2.21 bits per heavy atom. The molecule has 0 radical (unpaired) electrons. The zero-order valence-electron chi connectivity index (χ0n) is 11.3. The van der Waals surface area contributed by atoms with E-state index in [2.05, 4.69) is 40.8 Å². The lowest BCUT2D eigenvalue weighted by Gasteiger charge is -2.26. The molecular formula is C15H19N3O. The van der Waals surface area contributed by atoms with Crippen LogP contribution in [0.25, 0.3) is 0 Å². The van der Waals surface area contributed by atoms with Crippen molar-refractivity contribution in [2.75, 3.05) is 4.90 Å². The summed E-state index contributed by atoms with van der Waals surface area (Å²) < 4.78 is 0. The maximum atomic E-state index is 9.02. The largest absolute Gasteiger partial charge is 0.392 e. The third-order valence-electron chi connectivity index (χ3n) is 2.95. The number of aliphatic hydroxyl groups excluding tert-OH is 1. The fourth-order valence-corrected chi connectivity index (χ4v) is 1.84. The Kier molecular flexibility index (Phi) is 4.47. The topological polar surface area (TPSA) is 49.2 Å². The molecule has 1 aromatic heterocycles. The SMILES string of the molecule is CC(C)N(Cc1ccccc1)c1ncc(CO)cn1. The highest BCUT2D eigenvalue weighted by Crippen LogP contribution is 2.15. The monoisotopic (exact) mass is 257 g/mol.